The molecule has 0 saturated heterocycles. The first-order valence-electron chi connectivity index (χ1n) is 5.45. The molecule has 2 rings (SSSR count). The van der Waals surface area contributed by atoms with Gasteiger partial charge in [-0.2, -0.15) is 0 Å². The van der Waals surface area contributed by atoms with E-state index >= 15 is 0 Å². The van der Waals surface area contributed by atoms with Crippen LogP contribution in [0.1, 0.15) is 5.56 Å². The number of aromatic nitrogens is 1. The second-order valence-electron chi connectivity index (χ2n) is 3.78. The first-order chi connectivity index (χ1) is 8.72. The second kappa shape index (κ2) is 5.18. The van der Waals surface area contributed by atoms with Crippen molar-refractivity contribution < 1.29 is 5.21 Å². The molecule has 0 spiro atoms. The number of nitrogens with zero attached hydrogens (tertiary/aromatic N) is 3. The van der Waals surface area contributed by atoms with Gasteiger partial charge in [-0.15, -0.1) is 0 Å². The number of hydrogen-bond acceptors (Lipinski definition) is 4. The van der Waals surface area contributed by atoms with Crippen molar-refractivity contribution in [2.75, 3.05) is 11.9 Å². The number of para-hydroxylation sites is 1. The standard InChI is InChI=1S/C13H14N4O/c1-17(11-5-3-2-4-6-11)12-8-7-10(9-15-12)13(14)16-18/h2-9,18H,1H3,(H2,14,16). The van der Waals surface area contributed by atoms with Gasteiger partial charge < -0.3 is 15.8 Å². The van der Waals surface area contributed by atoms with Crippen molar-refractivity contribution in [3.63, 3.8) is 0 Å². The van der Waals surface area contributed by atoms with Crippen molar-refractivity contribution in [1.82, 2.24) is 4.98 Å². The number of amidine groups is 1. The number of oxime groups is 1. The minimum Gasteiger partial charge on any atom is -0.409 e. The van der Waals surface area contributed by atoms with Crippen molar-refractivity contribution in [2.24, 2.45) is 10.9 Å². The Morgan fingerprint density at radius 1 is 1.22 bits per heavy atom. The lowest BCUT2D eigenvalue weighted by molar-refractivity contribution is 0.318. The van der Waals surface area contributed by atoms with Crippen LogP contribution in [0.25, 0.3) is 0 Å². The molecule has 0 radical (unpaired) electrons. The van der Waals surface area contributed by atoms with Crippen molar-refractivity contribution in [2.45, 2.75) is 0 Å². The molecule has 92 valence electrons. The summed E-state index contributed by atoms with van der Waals surface area (Å²) in [6.07, 6.45) is 1.57. The lowest BCUT2D eigenvalue weighted by Crippen LogP contribution is -2.15. The second-order valence-corrected chi connectivity index (χ2v) is 3.78. The Morgan fingerprint density at radius 3 is 2.50 bits per heavy atom. The monoisotopic (exact) mass is 242 g/mol. The van der Waals surface area contributed by atoms with Gasteiger partial charge in [0.15, 0.2) is 5.84 Å². The highest BCUT2D eigenvalue weighted by atomic mass is 16.4. The van der Waals surface area contributed by atoms with E-state index in [1.165, 1.54) is 0 Å². The Labute approximate surface area is 105 Å². The van der Waals surface area contributed by atoms with Gasteiger partial charge in [-0.1, -0.05) is 23.4 Å². The summed E-state index contributed by atoms with van der Waals surface area (Å²) in [6, 6.07) is 13.5. The first-order valence-corrected chi connectivity index (χ1v) is 5.45. The molecule has 5 heteroatoms. The molecule has 0 amide bonds. The molecular formula is C13H14N4O. The molecule has 2 aromatic rings. The summed E-state index contributed by atoms with van der Waals surface area (Å²) in [5.41, 5.74) is 7.11. The fraction of sp³-hybridized carbons (Fsp3) is 0.0769. The molecule has 0 atom stereocenters. The van der Waals surface area contributed by atoms with Crippen LogP contribution in [0.15, 0.2) is 53.8 Å². The minimum atomic E-state index is 0.0522. The predicted molar refractivity (Wildman–Crippen MR) is 71.3 cm³/mol. The zero-order chi connectivity index (χ0) is 13.0. The molecule has 1 heterocycles. The van der Waals surface area contributed by atoms with Crippen molar-refractivity contribution in [1.29, 1.82) is 0 Å². The van der Waals surface area contributed by atoms with Gasteiger partial charge in [0.05, 0.1) is 0 Å². The molecule has 0 aliphatic heterocycles. The normalized spacial score (nSPS) is 11.3. The van der Waals surface area contributed by atoms with Crippen LogP contribution in [0, 0.1) is 0 Å². The van der Waals surface area contributed by atoms with E-state index in [1.807, 2.05) is 48.3 Å². The lowest BCUT2D eigenvalue weighted by Gasteiger charge is -2.18. The molecule has 1 aromatic heterocycles. The van der Waals surface area contributed by atoms with E-state index in [9.17, 15) is 0 Å². The molecule has 0 saturated carbocycles. The molecule has 18 heavy (non-hydrogen) atoms. The summed E-state index contributed by atoms with van der Waals surface area (Å²) in [4.78, 5) is 6.23. The molecule has 0 aliphatic carbocycles. The molecule has 0 bridgehead atoms. The third-order valence-corrected chi connectivity index (χ3v) is 2.64. The average Bonchev–Trinajstić information content (AvgIpc) is 2.47. The van der Waals surface area contributed by atoms with Gasteiger partial charge in [-0.05, 0) is 24.3 Å². The van der Waals surface area contributed by atoms with Gasteiger partial charge in [0.1, 0.15) is 5.82 Å². The van der Waals surface area contributed by atoms with Crippen LogP contribution in [0.2, 0.25) is 0 Å². The van der Waals surface area contributed by atoms with Crippen LogP contribution in [0.5, 0.6) is 0 Å². The summed E-state index contributed by atoms with van der Waals surface area (Å²) >= 11 is 0. The Hall–Kier alpha value is -2.56. The fourth-order valence-electron chi connectivity index (χ4n) is 1.58. The predicted octanol–water partition coefficient (Wildman–Crippen LogP) is 1.94. The van der Waals surface area contributed by atoms with Crippen LogP contribution in [0.3, 0.4) is 0 Å². The van der Waals surface area contributed by atoms with Gasteiger partial charge in [0.25, 0.3) is 0 Å². The number of benzene rings is 1. The highest BCUT2D eigenvalue weighted by molar-refractivity contribution is 5.96. The highest BCUT2D eigenvalue weighted by Crippen LogP contribution is 2.20. The number of rotatable bonds is 3. The van der Waals surface area contributed by atoms with Crippen molar-refractivity contribution in [3.8, 4) is 0 Å². The molecule has 1 aromatic carbocycles. The zero-order valence-corrected chi connectivity index (χ0v) is 9.99. The van der Waals surface area contributed by atoms with Gasteiger partial charge >= 0.3 is 0 Å². The summed E-state index contributed by atoms with van der Waals surface area (Å²) in [5.74, 6) is 0.840. The zero-order valence-electron chi connectivity index (χ0n) is 9.99. The maximum atomic E-state index is 8.57. The number of nitrogens with two attached hydrogens (primary N) is 1. The maximum absolute atomic E-state index is 8.57. The number of hydrogen-bond donors (Lipinski definition) is 2. The van der Waals surface area contributed by atoms with Gasteiger partial charge in [0.2, 0.25) is 0 Å². The van der Waals surface area contributed by atoms with Crippen LogP contribution in [-0.2, 0) is 0 Å². The Morgan fingerprint density at radius 2 is 1.94 bits per heavy atom. The van der Waals surface area contributed by atoms with E-state index in [0.717, 1.165) is 11.5 Å². The third kappa shape index (κ3) is 2.40. The van der Waals surface area contributed by atoms with Crippen LogP contribution < -0.4 is 10.6 Å². The lowest BCUT2D eigenvalue weighted by atomic mass is 10.2. The Kier molecular flexibility index (Phi) is 3.43. The smallest absolute Gasteiger partial charge is 0.171 e. The van der Waals surface area contributed by atoms with Crippen LogP contribution in [0.4, 0.5) is 11.5 Å². The maximum Gasteiger partial charge on any atom is 0.171 e. The van der Waals surface area contributed by atoms with Crippen LogP contribution in [-0.4, -0.2) is 23.1 Å². The molecule has 3 N–H and O–H groups in total. The van der Waals surface area contributed by atoms with Crippen molar-refractivity contribution in [3.05, 3.63) is 54.2 Å². The third-order valence-electron chi connectivity index (χ3n) is 2.64. The molecule has 0 fully saturated rings. The number of anilines is 2. The summed E-state index contributed by atoms with van der Waals surface area (Å²) < 4.78 is 0. The largest absolute Gasteiger partial charge is 0.409 e. The van der Waals surface area contributed by atoms with Crippen LogP contribution >= 0.6 is 0 Å². The fourth-order valence-corrected chi connectivity index (χ4v) is 1.58. The van der Waals surface area contributed by atoms with Gasteiger partial charge in [-0.25, -0.2) is 4.98 Å². The minimum absolute atomic E-state index is 0.0522. The molecule has 0 unspecified atom stereocenters. The van der Waals surface area contributed by atoms with Gasteiger partial charge in [-0.3, -0.25) is 0 Å². The summed E-state index contributed by atoms with van der Waals surface area (Å²) in [6.45, 7) is 0. The molecule has 5 nitrogen and oxygen atoms in total. The average molecular weight is 242 g/mol. The first kappa shape index (κ1) is 11.9. The van der Waals surface area contributed by atoms with E-state index in [1.54, 1.807) is 12.3 Å². The number of pyridine rings is 1. The molecular weight excluding hydrogens is 228 g/mol. The van der Waals surface area contributed by atoms with Gasteiger partial charge in [0, 0.05) is 24.5 Å². The SMILES string of the molecule is CN(c1ccccc1)c1ccc(/C(N)=N/O)cn1. The van der Waals surface area contributed by atoms with E-state index < -0.39 is 0 Å². The van der Waals surface area contributed by atoms with E-state index in [4.69, 9.17) is 10.9 Å². The molecule has 0 aliphatic rings. The van der Waals surface area contributed by atoms with E-state index in [2.05, 4.69) is 10.1 Å². The summed E-state index contributed by atoms with van der Waals surface area (Å²) in [5, 5.41) is 11.5. The van der Waals surface area contributed by atoms with Crippen molar-refractivity contribution >= 4 is 17.3 Å². The highest BCUT2D eigenvalue weighted by Gasteiger charge is 2.05. The quantitative estimate of drug-likeness (QED) is 0.373. The summed E-state index contributed by atoms with van der Waals surface area (Å²) in [7, 11) is 1.93. The Bertz CT molecular complexity index is 537. The van der Waals surface area contributed by atoms with E-state index in [-0.39, 0.29) is 5.84 Å². The van der Waals surface area contributed by atoms with E-state index in [0.29, 0.717) is 5.56 Å². The Balaban J connectivity index is 2.25. The topological polar surface area (TPSA) is 74.7 Å².